The van der Waals surface area contributed by atoms with Gasteiger partial charge < -0.3 is 5.32 Å². The molecule has 2 heterocycles. The normalized spacial score (nSPS) is 11.0. The molecule has 0 atom stereocenters. The minimum Gasteiger partial charge on any atom is -0.321 e. The Labute approximate surface area is 150 Å². The van der Waals surface area contributed by atoms with E-state index in [0.717, 1.165) is 45.5 Å². The fourth-order valence-electron chi connectivity index (χ4n) is 2.79. The maximum atomic E-state index is 12.9. The molecule has 1 N–H and O–H groups in total. The van der Waals surface area contributed by atoms with Crippen LogP contribution in [0.4, 0.5) is 5.69 Å². The predicted molar refractivity (Wildman–Crippen MR) is 101 cm³/mol. The predicted octanol–water partition coefficient (Wildman–Crippen LogP) is 4.92. The molecule has 0 spiro atoms. The van der Waals surface area contributed by atoms with Crippen LogP contribution in [0.2, 0.25) is 0 Å². The summed E-state index contributed by atoms with van der Waals surface area (Å²) in [5.41, 5.74) is 5.26. The number of hydrogen-bond donors (Lipinski definition) is 1. The van der Waals surface area contributed by atoms with E-state index < -0.39 is 0 Å². The van der Waals surface area contributed by atoms with Crippen LogP contribution < -0.4 is 5.32 Å². The van der Waals surface area contributed by atoms with Gasteiger partial charge in [-0.3, -0.25) is 9.20 Å². The molecule has 0 bridgehead atoms. The number of carbonyl (C=O) groups excluding carboxylic acids is 1. The Morgan fingerprint density at radius 1 is 1.25 bits per heavy atom. The Morgan fingerprint density at radius 3 is 2.62 bits per heavy atom. The largest absolute Gasteiger partial charge is 0.321 e. The average molecular weight is 386 g/mol. The average Bonchev–Trinajstić information content (AvgIpc) is 2.88. The molecule has 0 saturated carbocycles. The van der Waals surface area contributed by atoms with Gasteiger partial charge in [0.1, 0.15) is 11.3 Å². The number of anilines is 1. The lowest BCUT2D eigenvalue weighted by molar-refractivity contribution is 0.102. The van der Waals surface area contributed by atoms with Gasteiger partial charge >= 0.3 is 0 Å². The zero-order valence-corrected chi connectivity index (χ0v) is 15.6. The summed E-state index contributed by atoms with van der Waals surface area (Å²) in [5, 5.41) is 2.99. The van der Waals surface area contributed by atoms with Gasteiger partial charge in [0.2, 0.25) is 0 Å². The van der Waals surface area contributed by atoms with E-state index in [1.54, 1.807) is 0 Å². The summed E-state index contributed by atoms with van der Waals surface area (Å²) in [6, 6.07) is 9.81. The molecule has 0 aliphatic heterocycles. The summed E-state index contributed by atoms with van der Waals surface area (Å²) in [6.45, 7) is 6.12. The van der Waals surface area contributed by atoms with Crippen LogP contribution in [0.3, 0.4) is 0 Å². The van der Waals surface area contributed by atoms with Crippen LogP contribution in [0, 0.1) is 13.8 Å². The number of halogens is 1. The molecule has 1 amide bonds. The highest BCUT2D eigenvalue weighted by molar-refractivity contribution is 9.10. The standard InChI is InChI=1S/C19H20BrN3O/c1-4-5-16-17(19(24)21-15-8-6-12(2)7-9-15)23-11-14(20)10-13(3)18(23)22-16/h6-11H,4-5H2,1-3H3,(H,21,24). The molecule has 1 aromatic carbocycles. The van der Waals surface area contributed by atoms with E-state index in [4.69, 9.17) is 4.98 Å². The number of aryl methyl sites for hydroxylation is 3. The number of imidazole rings is 1. The Hall–Kier alpha value is -2.14. The fraction of sp³-hybridized carbons (Fsp3) is 0.263. The van der Waals surface area contributed by atoms with Crippen LogP contribution in [0.5, 0.6) is 0 Å². The first-order valence-corrected chi connectivity index (χ1v) is 8.84. The zero-order chi connectivity index (χ0) is 17.3. The molecular weight excluding hydrogens is 366 g/mol. The second-order valence-corrected chi connectivity index (χ2v) is 6.93. The number of amides is 1. The van der Waals surface area contributed by atoms with Crippen LogP contribution in [0.25, 0.3) is 5.65 Å². The van der Waals surface area contributed by atoms with E-state index in [2.05, 4.69) is 28.2 Å². The van der Waals surface area contributed by atoms with Crippen molar-refractivity contribution in [3.8, 4) is 0 Å². The van der Waals surface area contributed by atoms with Crippen LogP contribution in [-0.4, -0.2) is 15.3 Å². The monoisotopic (exact) mass is 385 g/mol. The Morgan fingerprint density at radius 2 is 1.96 bits per heavy atom. The quantitative estimate of drug-likeness (QED) is 0.692. The van der Waals surface area contributed by atoms with E-state index in [0.29, 0.717) is 5.69 Å². The third kappa shape index (κ3) is 3.22. The number of fused-ring (bicyclic) bond motifs is 1. The summed E-state index contributed by atoms with van der Waals surface area (Å²) in [7, 11) is 0. The molecule has 0 aliphatic rings. The summed E-state index contributed by atoms with van der Waals surface area (Å²) >= 11 is 3.51. The van der Waals surface area contributed by atoms with Gasteiger partial charge in [0.15, 0.2) is 0 Å². The molecule has 0 saturated heterocycles. The van der Waals surface area contributed by atoms with Gasteiger partial charge in [-0.05, 0) is 60.0 Å². The molecule has 2 aromatic heterocycles. The van der Waals surface area contributed by atoms with Gasteiger partial charge in [0, 0.05) is 16.4 Å². The Kier molecular flexibility index (Phi) is 4.71. The Bertz CT molecular complexity index is 897. The molecular formula is C19H20BrN3O. The van der Waals surface area contributed by atoms with E-state index in [1.807, 2.05) is 54.8 Å². The zero-order valence-electron chi connectivity index (χ0n) is 14.1. The number of hydrogen-bond acceptors (Lipinski definition) is 2. The number of benzene rings is 1. The molecule has 4 nitrogen and oxygen atoms in total. The summed E-state index contributed by atoms with van der Waals surface area (Å²) in [4.78, 5) is 17.6. The second kappa shape index (κ2) is 6.77. The minimum absolute atomic E-state index is 0.132. The van der Waals surface area contributed by atoms with Gasteiger partial charge in [0.05, 0.1) is 5.69 Å². The summed E-state index contributed by atoms with van der Waals surface area (Å²) in [5.74, 6) is -0.132. The second-order valence-electron chi connectivity index (χ2n) is 6.01. The van der Waals surface area contributed by atoms with Crippen molar-refractivity contribution in [2.45, 2.75) is 33.6 Å². The van der Waals surface area contributed by atoms with Gasteiger partial charge in [-0.15, -0.1) is 0 Å². The van der Waals surface area contributed by atoms with Gasteiger partial charge in [-0.1, -0.05) is 31.0 Å². The van der Waals surface area contributed by atoms with Crippen molar-refractivity contribution < 1.29 is 4.79 Å². The van der Waals surface area contributed by atoms with Crippen LogP contribution in [-0.2, 0) is 6.42 Å². The van der Waals surface area contributed by atoms with Crippen LogP contribution in [0.15, 0.2) is 41.0 Å². The molecule has 0 aliphatic carbocycles. The van der Waals surface area contributed by atoms with Crippen molar-refractivity contribution in [3.63, 3.8) is 0 Å². The number of nitrogens with one attached hydrogen (secondary N) is 1. The Balaban J connectivity index is 2.07. The first-order chi connectivity index (χ1) is 11.5. The fourth-order valence-corrected chi connectivity index (χ4v) is 3.34. The lowest BCUT2D eigenvalue weighted by Crippen LogP contribution is -2.16. The third-order valence-electron chi connectivity index (χ3n) is 3.95. The summed E-state index contributed by atoms with van der Waals surface area (Å²) < 4.78 is 2.81. The number of pyridine rings is 1. The van der Waals surface area contributed by atoms with E-state index in [9.17, 15) is 4.79 Å². The van der Waals surface area contributed by atoms with Crippen molar-refractivity contribution in [3.05, 3.63) is 63.5 Å². The number of nitrogens with zero attached hydrogens (tertiary/aromatic N) is 2. The topological polar surface area (TPSA) is 46.4 Å². The smallest absolute Gasteiger partial charge is 0.274 e. The first kappa shape index (κ1) is 16.7. The summed E-state index contributed by atoms with van der Waals surface area (Å²) in [6.07, 6.45) is 3.61. The molecule has 0 unspecified atom stereocenters. The number of carbonyl (C=O) groups is 1. The van der Waals surface area contributed by atoms with Crippen LogP contribution >= 0.6 is 15.9 Å². The van der Waals surface area contributed by atoms with Gasteiger partial charge in [-0.2, -0.15) is 0 Å². The van der Waals surface area contributed by atoms with E-state index in [1.165, 1.54) is 0 Å². The van der Waals surface area contributed by atoms with Crippen molar-refractivity contribution in [2.75, 3.05) is 5.32 Å². The highest BCUT2D eigenvalue weighted by Gasteiger charge is 2.20. The molecule has 5 heteroatoms. The van der Waals surface area contributed by atoms with Crippen molar-refractivity contribution >= 4 is 33.2 Å². The minimum atomic E-state index is -0.132. The molecule has 0 radical (unpaired) electrons. The van der Waals surface area contributed by atoms with Crippen molar-refractivity contribution in [1.82, 2.24) is 9.38 Å². The van der Waals surface area contributed by atoms with Crippen LogP contribution in [0.1, 0.15) is 40.7 Å². The number of aromatic nitrogens is 2. The molecule has 3 rings (SSSR count). The maximum Gasteiger partial charge on any atom is 0.274 e. The SMILES string of the molecule is CCCc1nc2c(C)cc(Br)cn2c1C(=O)Nc1ccc(C)cc1. The molecule has 0 fully saturated rings. The number of rotatable bonds is 4. The maximum absolute atomic E-state index is 12.9. The van der Waals surface area contributed by atoms with Gasteiger partial charge in [0.25, 0.3) is 5.91 Å². The molecule has 3 aromatic rings. The van der Waals surface area contributed by atoms with E-state index in [-0.39, 0.29) is 5.91 Å². The third-order valence-corrected chi connectivity index (χ3v) is 4.39. The molecule has 124 valence electrons. The molecule has 24 heavy (non-hydrogen) atoms. The first-order valence-electron chi connectivity index (χ1n) is 8.04. The van der Waals surface area contributed by atoms with Gasteiger partial charge in [-0.25, -0.2) is 4.98 Å². The van der Waals surface area contributed by atoms with E-state index >= 15 is 0 Å². The highest BCUT2D eigenvalue weighted by atomic mass is 79.9. The van der Waals surface area contributed by atoms with Crippen molar-refractivity contribution in [2.24, 2.45) is 0 Å². The highest BCUT2D eigenvalue weighted by Crippen LogP contribution is 2.22. The lowest BCUT2D eigenvalue weighted by atomic mass is 10.2. The lowest BCUT2D eigenvalue weighted by Gasteiger charge is -2.08. The van der Waals surface area contributed by atoms with Crippen molar-refractivity contribution in [1.29, 1.82) is 0 Å².